The lowest BCUT2D eigenvalue weighted by atomic mass is 10.3. The van der Waals surface area contributed by atoms with Crippen LogP contribution in [-0.4, -0.2) is 55.8 Å². The largest absolute Gasteiger partial charge is 0.360 e. The lowest BCUT2D eigenvalue weighted by Gasteiger charge is -2.34. The number of hydrogen-bond acceptors (Lipinski definition) is 7. The van der Waals surface area contributed by atoms with Crippen molar-refractivity contribution < 1.29 is 4.52 Å². The summed E-state index contributed by atoms with van der Waals surface area (Å²) in [5, 5.41) is 12.0. The molecule has 3 aromatic heterocycles. The van der Waals surface area contributed by atoms with E-state index in [1.165, 1.54) is 0 Å². The molecule has 4 rings (SSSR count). The van der Waals surface area contributed by atoms with Gasteiger partial charge in [0.15, 0.2) is 11.6 Å². The summed E-state index contributed by atoms with van der Waals surface area (Å²) >= 11 is 0. The predicted octanol–water partition coefficient (Wildman–Crippen LogP) is 0.743. The lowest BCUT2D eigenvalue weighted by molar-refractivity contribution is 0.219. The molecule has 1 fully saturated rings. The predicted molar refractivity (Wildman–Crippen MR) is 79.5 cm³/mol. The van der Waals surface area contributed by atoms with Crippen LogP contribution in [0.25, 0.3) is 5.65 Å². The summed E-state index contributed by atoms with van der Waals surface area (Å²) in [6, 6.07) is 1.99. The van der Waals surface area contributed by atoms with E-state index < -0.39 is 0 Å². The maximum atomic E-state index is 5.29. The van der Waals surface area contributed by atoms with E-state index in [9.17, 15) is 0 Å². The van der Waals surface area contributed by atoms with Gasteiger partial charge in [-0.15, -0.1) is 10.2 Å². The van der Waals surface area contributed by atoms with Crippen LogP contribution in [-0.2, 0) is 6.54 Å². The van der Waals surface area contributed by atoms with Gasteiger partial charge >= 0.3 is 0 Å². The first-order valence-electron chi connectivity index (χ1n) is 7.33. The number of fused-ring (bicyclic) bond motifs is 1. The van der Waals surface area contributed by atoms with Crippen molar-refractivity contribution in [3.05, 3.63) is 36.2 Å². The molecule has 0 radical (unpaired) electrons. The molecule has 3 aromatic rings. The Balaban J connectivity index is 1.44. The highest BCUT2D eigenvalue weighted by Gasteiger charge is 2.21. The lowest BCUT2D eigenvalue weighted by Crippen LogP contribution is -2.46. The summed E-state index contributed by atoms with van der Waals surface area (Å²) in [5.74, 6) is 1.82. The van der Waals surface area contributed by atoms with Gasteiger partial charge in [-0.1, -0.05) is 5.16 Å². The highest BCUT2D eigenvalue weighted by molar-refractivity contribution is 5.63. The minimum Gasteiger partial charge on any atom is -0.360 e. The Labute approximate surface area is 127 Å². The number of aryl methyl sites for hydroxylation is 1. The molecule has 0 N–H and O–H groups in total. The zero-order valence-corrected chi connectivity index (χ0v) is 12.4. The Morgan fingerprint density at radius 3 is 2.86 bits per heavy atom. The minimum absolute atomic E-state index is 0.803. The molecule has 1 saturated heterocycles. The van der Waals surface area contributed by atoms with Gasteiger partial charge in [0.2, 0.25) is 5.65 Å². The molecule has 22 heavy (non-hydrogen) atoms. The third-order valence-electron chi connectivity index (χ3n) is 3.93. The van der Waals surface area contributed by atoms with Gasteiger partial charge in [0.05, 0.1) is 12.2 Å². The number of anilines is 1. The molecular formula is C14H17N7O. The summed E-state index contributed by atoms with van der Waals surface area (Å²) < 4.78 is 7.18. The van der Waals surface area contributed by atoms with Crippen molar-refractivity contribution in [3.63, 3.8) is 0 Å². The van der Waals surface area contributed by atoms with Crippen molar-refractivity contribution in [1.82, 2.24) is 29.6 Å². The van der Waals surface area contributed by atoms with E-state index in [0.29, 0.717) is 0 Å². The molecule has 1 aliphatic rings. The fourth-order valence-electron chi connectivity index (χ4n) is 2.80. The van der Waals surface area contributed by atoms with Crippen molar-refractivity contribution in [1.29, 1.82) is 0 Å². The highest BCUT2D eigenvalue weighted by Crippen LogP contribution is 2.18. The molecule has 0 unspecified atom stereocenters. The first-order valence-corrected chi connectivity index (χ1v) is 7.33. The van der Waals surface area contributed by atoms with Gasteiger partial charge in [-0.3, -0.25) is 9.30 Å². The summed E-state index contributed by atoms with van der Waals surface area (Å²) in [4.78, 5) is 9.09. The Morgan fingerprint density at radius 2 is 2.09 bits per heavy atom. The number of hydrogen-bond donors (Lipinski definition) is 0. The fraction of sp³-hybridized carbons (Fsp3) is 0.429. The van der Waals surface area contributed by atoms with Crippen molar-refractivity contribution in [3.8, 4) is 0 Å². The normalized spacial score (nSPS) is 16.5. The van der Waals surface area contributed by atoms with Crippen LogP contribution < -0.4 is 4.90 Å². The Hall–Kier alpha value is -2.48. The second-order valence-electron chi connectivity index (χ2n) is 5.51. The van der Waals surface area contributed by atoms with Crippen LogP contribution in [0.3, 0.4) is 0 Å². The van der Waals surface area contributed by atoms with Crippen molar-refractivity contribution in [2.45, 2.75) is 13.5 Å². The van der Waals surface area contributed by atoms with Crippen molar-refractivity contribution in [2.75, 3.05) is 31.1 Å². The third kappa shape index (κ3) is 2.41. The van der Waals surface area contributed by atoms with Crippen molar-refractivity contribution >= 4 is 11.5 Å². The van der Waals surface area contributed by atoms with Crippen LogP contribution in [0.4, 0.5) is 5.82 Å². The molecule has 4 heterocycles. The average Bonchev–Trinajstić information content (AvgIpc) is 3.16. The Bertz CT molecular complexity index is 772. The standard InChI is InChI=1S/C14H17N7O/c1-11-8-12(22-18-11)9-19-4-6-20(7-5-19)13-14-17-16-10-21(14)3-2-15-13/h2-3,8,10H,4-7,9H2,1H3. The van der Waals surface area contributed by atoms with Gasteiger partial charge in [-0.05, 0) is 6.92 Å². The molecule has 0 bridgehead atoms. The van der Waals surface area contributed by atoms with Crippen LogP contribution in [0.5, 0.6) is 0 Å². The summed E-state index contributed by atoms with van der Waals surface area (Å²) in [5.41, 5.74) is 1.73. The molecule has 8 heteroatoms. The molecule has 114 valence electrons. The van der Waals surface area contributed by atoms with Crippen LogP contribution in [0, 0.1) is 6.92 Å². The van der Waals surface area contributed by atoms with Crippen LogP contribution in [0.15, 0.2) is 29.3 Å². The molecular weight excluding hydrogens is 282 g/mol. The molecule has 0 amide bonds. The quantitative estimate of drug-likeness (QED) is 0.706. The molecule has 0 aliphatic carbocycles. The van der Waals surface area contributed by atoms with E-state index >= 15 is 0 Å². The third-order valence-corrected chi connectivity index (χ3v) is 3.93. The minimum atomic E-state index is 0.803. The zero-order chi connectivity index (χ0) is 14.9. The topological polar surface area (TPSA) is 75.6 Å². The Morgan fingerprint density at radius 1 is 1.23 bits per heavy atom. The first-order chi connectivity index (χ1) is 10.8. The molecule has 0 saturated carbocycles. The number of aromatic nitrogens is 5. The van der Waals surface area contributed by atoms with Gasteiger partial charge < -0.3 is 9.42 Å². The summed E-state index contributed by atoms with van der Waals surface area (Å²) in [6.07, 6.45) is 5.35. The van der Waals surface area contributed by atoms with E-state index in [4.69, 9.17) is 4.52 Å². The number of piperazine rings is 1. The number of nitrogens with zero attached hydrogens (tertiary/aromatic N) is 7. The summed E-state index contributed by atoms with van der Waals surface area (Å²) in [6.45, 7) is 6.47. The maximum Gasteiger partial charge on any atom is 0.203 e. The van der Waals surface area contributed by atoms with E-state index in [1.54, 1.807) is 12.5 Å². The second-order valence-corrected chi connectivity index (χ2v) is 5.51. The van der Waals surface area contributed by atoms with Crippen LogP contribution in [0.1, 0.15) is 11.5 Å². The van der Waals surface area contributed by atoms with Gasteiger partial charge in [-0.25, -0.2) is 4.98 Å². The van der Waals surface area contributed by atoms with E-state index in [2.05, 4.69) is 30.1 Å². The highest BCUT2D eigenvalue weighted by atomic mass is 16.5. The molecule has 0 atom stereocenters. The Kier molecular flexibility index (Phi) is 3.23. The van der Waals surface area contributed by atoms with Gasteiger partial charge in [0, 0.05) is 44.6 Å². The van der Waals surface area contributed by atoms with E-state index in [0.717, 1.165) is 55.6 Å². The molecule has 0 aromatic carbocycles. The SMILES string of the molecule is Cc1cc(CN2CCN(c3nccn4cnnc34)CC2)on1. The van der Waals surface area contributed by atoms with Crippen LogP contribution >= 0.6 is 0 Å². The zero-order valence-electron chi connectivity index (χ0n) is 12.4. The van der Waals surface area contributed by atoms with Gasteiger partial charge in [-0.2, -0.15) is 0 Å². The average molecular weight is 299 g/mol. The fourth-order valence-corrected chi connectivity index (χ4v) is 2.80. The van der Waals surface area contributed by atoms with Crippen LogP contribution in [0.2, 0.25) is 0 Å². The molecule has 0 spiro atoms. The number of rotatable bonds is 3. The molecule has 8 nitrogen and oxygen atoms in total. The van der Waals surface area contributed by atoms with Gasteiger partial charge in [0.25, 0.3) is 0 Å². The maximum absolute atomic E-state index is 5.29. The molecule has 1 aliphatic heterocycles. The smallest absolute Gasteiger partial charge is 0.203 e. The summed E-state index contributed by atoms with van der Waals surface area (Å²) in [7, 11) is 0. The first kappa shape index (κ1) is 13.2. The van der Waals surface area contributed by atoms with Crippen molar-refractivity contribution in [2.24, 2.45) is 0 Å². The monoisotopic (exact) mass is 299 g/mol. The van der Waals surface area contributed by atoms with E-state index in [-0.39, 0.29) is 0 Å². The van der Waals surface area contributed by atoms with E-state index in [1.807, 2.05) is 23.6 Å². The van der Waals surface area contributed by atoms with Gasteiger partial charge in [0.1, 0.15) is 6.33 Å². The second kappa shape index (κ2) is 5.38.